The largest absolute Gasteiger partial charge is 0.386 e. The van der Waals surface area contributed by atoms with Crippen molar-refractivity contribution >= 4 is 115 Å². The van der Waals surface area contributed by atoms with Crippen LogP contribution in [0.3, 0.4) is 0 Å². The van der Waals surface area contributed by atoms with E-state index < -0.39 is 60.3 Å². The minimum atomic E-state index is -1.29. The van der Waals surface area contributed by atoms with Gasteiger partial charge in [0, 0.05) is 64.5 Å². The number of nitrogens with one attached hydrogen (secondary N) is 6. The number of carbonyl (C=O) groups is 7. The molecule has 11 N–H and O–H groups in total. The Labute approximate surface area is 541 Å². The number of amides is 7. The molecule has 90 heavy (non-hydrogen) atoms. The van der Waals surface area contributed by atoms with Gasteiger partial charge in [-0.25, -0.2) is 40.7 Å². The molecular formula is C59H66N16O9S6. The molecule has 0 spiro atoms. The van der Waals surface area contributed by atoms with Crippen LogP contribution in [-0.2, 0) is 30.5 Å². The van der Waals surface area contributed by atoms with Gasteiger partial charge in [0.05, 0.1) is 36.2 Å². The quantitative estimate of drug-likeness (QED) is 0.0272. The monoisotopic (exact) mass is 1330 g/mol. The molecule has 1 saturated carbocycles. The number of ether oxygens (including phenoxy) is 1. The molecule has 4 atom stereocenters. The molecule has 7 aromatic heterocycles. The predicted molar refractivity (Wildman–Crippen MR) is 345 cm³/mol. The number of aromatic nitrogens is 7. The molecule has 1 aromatic carbocycles. The van der Waals surface area contributed by atoms with Crippen LogP contribution in [0, 0.1) is 24.7 Å². The number of hydrogen-bond donors (Lipinski definition) is 9. The van der Waals surface area contributed by atoms with Crippen LogP contribution in [0.15, 0.2) is 64.0 Å². The Hall–Kier alpha value is -7.72. The van der Waals surface area contributed by atoms with E-state index in [9.17, 15) is 38.7 Å². The fourth-order valence-corrected chi connectivity index (χ4v) is 15.9. The van der Waals surface area contributed by atoms with Gasteiger partial charge in [-0.05, 0) is 75.6 Å². The number of unbranched alkanes of at least 4 members (excludes halogenated alkanes) is 1. The lowest BCUT2D eigenvalue weighted by molar-refractivity contribution is -0.128. The average molecular weight is 1340 g/mol. The molecular weight excluding hydrogens is 1270 g/mol. The maximum atomic E-state index is 14.5. The number of fused-ring (bicyclic) bond motifs is 14. The van der Waals surface area contributed by atoms with E-state index in [4.69, 9.17) is 51.2 Å². The van der Waals surface area contributed by atoms with E-state index >= 15 is 0 Å². The van der Waals surface area contributed by atoms with Crippen LogP contribution in [-0.4, -0.2) is 120 Å². The zero-order valence-electron chi connectivity index (χ0n) is 49.6. The van der Waals surface area contributed by atoms with Crippen molar-refractivity contribution < 1.29 is 43.4 Å². The van der Waals surface area contributed by atoms with E-state index in [1.165, 1.54) is 59.5 Å². The minimum absolute atomic E-state index is 0.00994. The molecule has 10 bridgehead atoms. The van der Waals surface area contributed by atoms with E-state index in [0.29, 0.717) is 113 Å². The van der Waals surface area contributed by atoms with Crippen LogP contribution in [0.1, 0.15) is 145 Å². The van der Waals surface area contributed by atoms with Crippen LogP contribution in [0.2, 0.25) is 0 Å². The second-order valence-electron chi connectivity index (χ2n) is 21.7. The molecule has 1 aliphatic heterocycles. The Morgan fingerprint density at radius 1 is 0.733 bits per heavy atom. The van der Waals surface area contributed by atoms with Crippen molar-refractivity contribution in [3.8, 4) is 43.4 Å². The second-order valence-corrected chi connectivity index (χ2v) is 27.5. The summed E-state index contributed by atoms with van der Waals surface area (Å²) in [6.07, 6.45) is 2.44. The lowest BCUT2D eigenvalue weighted by Crippen LogP contribution is -2.43. The Bertz CT molecular complexity index is 3910. The number of pyridine rings is 1. The van der Waals surface area contributed by atoms with Gasteiger partial charge < -0.3 is 47.5 Å². The molecule has 1 aliphatic carbocycles. The molecule has 472 valence electrons. The maximum Gasteiger partial charge on any atom is 0.288 e. The Morgan fingerprint density at radius 3 is 2.16 bits per heavy atom. The highest BCUT2D eigenvalue weighted by Gasteiger charge is 2.36. The molecule has 2 aliphatic rings. The van der Waals surface area contributed by atoms with Crippen LogP contribution < -0.4 is 43.5 Å². The highest BCUT2D eigenvalue weighted by molar-refractivity contribution is 7.15. The van der Waals surface area contributed by atoms with Crippen molar-refractivity contribution in [2.45, 2.75) is 96.6 Å². The summed E-state index contributed by atoms with van der Waals surface area (Å²) in [5.74, 6) is 3.01. The Balaban J connectivity index is 0.999. The predicted octanol–water partition coefficient (Wildman–Crippen LogP) is 7.50. The molecule has 8 aromatic rings. The first-order valence-electron chi connectivity index (χ1n) is 28.9. The number of benzene rings is 1. The highest BCUT2D eigenvalue weighted by atomic mass is 32.1. The summed E-state index contributed by atoms with van der Waals surface area (Å²) < 4.78 is 5.46. The lowest BCUT2D eigenvalue weighted by Gasteiger charge is -2.28. The highest BCUT2D eigenvalue weighted by Crippen LogP contribution is 2.41. The van der Waals surface area contributed by atoms with Crippen molar-refractivity contribution in [1.29, 1.82) is 0 Å². The number of rotatable bonds is 15. The normalized spacial score (nSPS) is 18.7. The summed E-state index contributed by atoms with van der Waals surface area (Å²) in [6, 6.07) is 9.31. The number of aryl methyl sites for hydroxylation is 1. The smallest absolute Gasteiger partial charge is 0.288 e. The molecule has 8 heterocycles. The zero-order valence-corrected chi connectivity index (χ0v) is 54.5. The number of methoxy groups -OCH3 is 1. The van der Waals surface area contributed by atoms with Crippen molar-refractivity contribution in [1.82, 2.24) is 66.5 Å². The van der Waals surface area contributed by atoms with E-state index in [1.807, 2.05) is 13.8 Å². The standard InChI is InChI=1S/C59H66N16O9S6/c1-28(2)47-58-74-45(39(90-58)23-84-5)52(82)64-22-42(77)72-46(48(78)30-11-7-6-8-12-30)57-69-38(26-87-57)55-67-36(24-86-55)44-33(53-68-37(25-85-53)51(81)66-35(21-41(76)62-4)56-73-43(29(3)89-56)59(83)75(47)61)17-18-34(65-44)54-71-40(27-88-54)70-50(80)32-15-13-31(14-16-32)49(79)63-20-10-9-19-60/h6-8,11-12,17-18,24-28,31-32,35,46-48,78H,9-10,13-16,19-23,60-61H2,1-5H3,(H,62,76)(H,63,79)(H,64,82)(H,66,81)(H,70,80)(H,72,77)/t31?,32?,35-,46-,47-,48-/m0/s1. The lowest BCUT2D eigenvalue weighted by atomic mass is 9.81. The van der Waals surface area contributed by atoms with Crippen LogP contribution in [0.4, 0.5) is 5.82 Å². The fourth-order valence-electron chi connectivity index (χ4n) is 10.3. The summed E-state index contributed by atoms with van der Waals surface area (Å²) in [4.78, 5) is 131. The second kappa shape index (κ2) is 29.5. The third-order valence-electron chi connectivity index (χ3n) is 15.1. The van der Waals surface area contributed by atoms with Crippen LogP contribution in [0.25, 0.3) is 43.4 Å². The Morgan fingerprint density at radius 2 is 1.42 bits per heavy atom. The van der Waals surface area contributed by atoms with Gasteiger partial charge in [0.2, 0.25) is 23.6 Å². The summed E-state index contributed by atoms with van der Waals surface area (Å²) in [6.45, 7) is 5.93. The minimum Gasteiger partial charge on any atom is -0.386 e. The van der Waals surface area contributed by atoms with Gasteiger partial charge in [-0.3, -0.25) is 38.6 Å². The number of anilines is 1. The van der Waals surface area contributed by atoms with Crippen LogP contribution in [0.5, 0.6) is 0 Å². The molecule has 0 radical (unpaired) electrons. The molecule has 31 heteroatoms. The number of hydrogen-bond acceptors (Lipinski definition) is 24. The molecule has 0 unspecified atom stereocenters. The number of aliphatic hydroxyl groups excluding tert-OH is 1. The first-order chi connectivity index (χ1) is 43.4. The number of nitrogens with two attached hydrogens (primary N) is 2. The third-order valence-corrected chi connectivity index (χ3v) is 20.8. The van der Waals surface area contributed by atoms with Crippen molar-refractivity contribution in [3.05, 3.63) is 111 Å². The van der Waals surface area contributed by atoms with Gasteiger partial charge in [-0.2, -0.15) is 0 Å². The molecule has 0 saturated heterocycles. The maximum absolute atomic E-state index is 14.5. The van der Waals surface area contributed by atoms with Gasteiger partial charge in [-0.1, -0.05) is 44.2 Å². The van der Waals surface area contributed by atoms with Gasteiger partial charge in [0.25, 0.3) is 17.7 Å². The van der Waals surface area contributed by atoms with Crippen molar-refractivity contribution in [3.63, 3.8) is 0 Å². The summed E-state index contributed by atoms with van der Waals surface area (Å²) in [5, 5.41) is 39.1. The molecule has 25 nitrogen and oxygen atoms in total. The summed E-state index contributed by atoms with van der Waals surface area (Å²) in [7, 11) is 2.92. The van der Waals surface area contributed by atoms with Crippen molar-refractivity contribution in [2.75, 3.05) is 39.1 Å². The zero-order chi connectivity index (χ0) is 63.8. The average Bonchev–Trinajstić information content (AvgIpc) is 3.68. The van der Waals surface area contributed by atoms with E-state index in [0.717, 1.165) is 40.5 Å². The number of nitrogens with zero attached hydrogens (tertiary/aromatic N) is 8. The van der Waals surface area contributed by atoms with Gasteiger partial charge in [0.1, 0.15) is 88.2 Å². The fraction of sp³-hybridized carbons (Fsp3) is 0.390. The van der Waals surface area contributed by atoms with Crippen molar-refractivity contribution in [2.24, 2.45) is 29.3 Å². The topological polar surface area (TPSA) is 367 Å². The Kier molecular flexibility index (Phi) is 21.4. The number of aliphatic hydroxyl groups is 1. The first-order valence-corrected chi connectivity index (χ1v) is 34.1. The molecule has 10 rings (SSSR count). The van der Waals surface area contributed by atoms with Gasteiger partial charge >= 0.3 is 0 Å². The molecule has 1 fully saturated rings. The summed E-state index contributed by atoms with van der Waals surface area (Å²) in [5.41, 5.74) is 8.19. The van der Waals surface area contributed by atoms with Gasteiger partial charge in [-0.15, -0.1) is 68.0 Å². The van der Waals surface area contributed by atoms with E-state index in [2.05, 4.69) is 31.9 Å². The van der Waals surface area contributed by atoms with E-state index in [-0.39, 0.29) is 64.7 Å². The summed E-state index contributed by atoms with van der Waals surface area (Å²) >= 11 is 7.13. The number of thiazole rings is 6. The number of carbonyl (C=O) groups excluding carboxylic acids is 7. The first kappa shape index (κ1) is 65.2. The molecule has 7 amide bonds. The van der Waals surface area contributed by atoms with E-state index in [1.54, 1.807) is 70.9 Å². The van der Waals surface area contributed by atoms with Gasteiger partial charge in [0.15, 0.2) is 0 Å². The third kappa shape index (κ3) is 15.0. The van der Waals surface area contributed by atoms with Crippen LogP contribution >= 0.6 is 68.0 Å². The SMILES string of the molecule is CNC(=O)C[C@@H]1NC(=O)c2csc(n2)-c2ccc(-c3nc(NC(=O)C4CCC(C(=O)NCCCCN)CC4)cs3)nc2-c2csc(n2)-c2csc(n2)[C@H]([C@@H](O)c2ccccc2)NC(=O)CNC(=O)c2nc(sc2COC)[C@H](C(C)C)N(N)C(=O)c2nc1sc2C. The number of hydrazine groups is 1.